The minimum Gasteiger partial charge on any atom is -0.495 e. The molecule has 3 rings (SSSR count). The number of imide groups is 1. The van der Waals surface area contributed by atoms with Gasteiger partial charge in [-0.15, -0.1) is 0 Å². The first-order chi connectivity index (χ1) is 11.9. The summed E-state index contributed by atoms with van der Waals surface area (Å²) in [6.07, 6.45) is 0.0132. The lowest BCUT2D eigenvalue weighted by atomic mass is 10.1. The molecule has 2 aromatic rings. The predicted octanol–water partition coefficient (Wildman–Crippen LogP) is 3.54. The number of amides is 2. The van der Waals surface area contributed by atoms with E-state index in [4.69, 9.17) is 16.3 Å². The van der Waals surface area contributed by atoms with Crippen molar-refractivity contribution < 1.29 is 18.7 Å². The van der Waals surface area contributed by atoms with Crippen molar-refractivity contribution in [1.82, 2.24) is 0 Å². The fourth-order valence-electron chi connectivity index (χ4n) is 2.79. The molecule has 1 fully saturated rings. The number of benzene rings is 2. The van der Waals surface area contributed by atoms with E-state index in [-0.39, 0.29) is 24.1 Å². The van der Waals surface area contributed by atoms with Gasteiger partial charge in [-0.1, -0.05) is 11.6 Å². The molecule has 2 aromatic carbocycles. The highest BCUT2D eigenvalue weighted by Crippen LogP contribution is 2.32. The van der Waals surface area contributed by atoms with Crippen LogP contribution < -0.4 is 15.0 Å². The van der Waals surface area contributed by atoms with Gasteiger partial charge in [0.1, 0.15) is 17.6 Å². The molecule has 130 valence electrons. The van der Waals surface area contributed by atoms with E-state index in [1.807, 2.05) is 0 Å². The molecule has 0 bridgehead atoms. The molecule has 0 aliphatic carbocycles. The summed E-state index contributed by atoms with van der Waals surface area (Å²) in [5, 5.41) is 3.33. The van der Waals surface area contributed by atoms with Gasteiger partial charge in [-0.05, 0) is 48.9 Å². The molecule has 5 nitrogen and oxygen atoms in total. The standard InChI is InChI=1S/C18H16ClFN2O3/c1-10-7-11(20)3-5-14(10)21-15-9-17(23)22(18(15)24)12-4-6-16(25-2)13(19)8-12/h3-8,15,21H,9H2,1-2H3/t15-/m1/s1. The number of methoxy groups -OCH3 is 1. The fraction of sp³-hybridized carbons (Fsp3) is 0.222. The number of hydrogen-bond acceptors (Lipinski definition) is 4. The van der Waals surface area contributed by atoms with Gasteiger partial charge in [0.25, 0.3) is 5.91 Å². The minimum atomic E-state index is -0.711. The van der Waals surface area contributed by atoms with Crippen LogP contribution in [0.2, 0.25) is 5.02 Å². The highest BCUT2D eigenvalue weighted by molar-refractivity contribution is 6.33. The Morgan fingerprint density at radius 1 is 1.24 bits per heavy atom. The number of carbonyl (C=O) groups is 2. The lowest BCUT2D eigenvalue weighted by molar-refractivity contribution is -0.121. The Labute approximate surface area is 149 Å². The highest BCUT2D eigenvalue weighted by atomic mass is 35.5. The van der Waals surface area contributed by atoms with E-state index >= 15 is 0 Å². The summed E-state index contributed by atoms with van der Waals surface area (Å²) in [4.78, 5) is 26.1. The number of rotatable bonds is 4. The normalized spacial score (nSPS) is 17.1. The van der Waals surface area contributed by atoms with E-state index < -0.39 is 6.04 Å². The van der Waals surface area contributed by atoms with Crippen molar-refractivity contribution >= 4 is 34.8 Å². The zero-order chi connectivity index (χ0) is 18.1. The summed E-state index contributed by atoms with van der Waals surface area (Å²) in [5.41, 5.74) is 1.66. The van der Waals surface area contributed by atoms with E-state index in [9.17, 15) is 14.0 Å². The third kappa shape index (κ3) is 3.30. The Morgan fingerprint density at radius 2 is 2.00 bits per heavy atom. The van der Waals surface area contributed by atoms with Crippen molar-refractivity contribution in [3.05, 3.63) is 52.8 Å². The molecule has 0 aromatic heterocycles. The number of anilines is 2. The first-order valence-electron chi connectivity index (χ1n) is 7.63. The lowest BCUT2D eigenvalue weighted by Gasteiger charge is -2.17. The van der Waals surface area contributed by atoms with E-state index in [0.717, 1.165) is 4.90 Å². The average Bonchev–Trinajstić information content (AvgIpc) is 2.84. The number of hydrogen-bond donors (Lipinski definition) is 1. The van der Waals surface area contributed by atoms with Gasteiger partial charge in [0, 0.05) is 5.69 Å². The Morgan fingerprint density at radius 3 is 2.64 bits per heavy atom. The summed E-state index contributed by atoms with van der Waals surface area (Å²) in [7, 11) is 1.48. The SMILES string of the molecule is COc1ccc(N2C(=O)C[C@@H](Nc3ccc(F)cc3C)C2=O)cc1Cl. The quantitative estimate of drug-likeness (QED) is 0.845. The number of halogens is 2. The van der Waals surface area contributed by atoms with Crippen molar-refractivity contribution in [1.29, 1.82) is 0 Å². The van der Waals surface area contributed by atoms with E-state index in [0.29, 0.717) is 27.7 Å². The Hall–Kier alpha value is -2.60. The largest absolute Gasteiger partial charge is 0.495 e. The van der Waals surface area contributed by atoms with Gasteiger partial charge >= 0.3 is 0 Å². The van der Waals surface area contributed by atoms with Crippen molar-refractivity contribution in [2.45, 2.75) is 19.4 Å². The van der Waals surface area contributed by atoms with Crippen LogP contribution in [0.4, 0.5) is 15.8 Å². The number of nitrogens with one attached hydrogen (secondary N) is 1. The summed E-state index contributed by atoms with van der Waals surface area (Å²) in [5.74, 6) is -0.606. The minimum absolute atomic E-state index is 0.0132. The smallest absolute Gasteiger partial charge is 0.256 e. The van der Waals surface area contributed by atoms with E-state index in [1.165, 1.54) is 25.3 Å². The molecule has 25 heavy (non-hydrogen) atoms. The predicted molar refractivity (Wildman–Crippen MR) is 93.7 cm³/mol. The van der Waals surface area contributed by atoms with Crippen LogP contribution in [0.3, 0.4) is 0 Å². The number of aryl methyl sites for hydroxylation is 1. The topological polar surface area (TPSA) is 58.6 Å². The van der Waals surface area contributed by atoms with Crippen LogP contribution in [-0.4, -0.2) is 25.0 Å². The molecule has 0 spiro atoms. The monoisotopic (exact) mass is 362 g/mol. The molecule has 1 heterocycles. The summed E-state index contributed by atoms with van der Waals surface area (Å²) >= 11 is 6.08. The van der Waals surface area contributed by atoms with Crippen molar-refractivity contribution in [3.8, 4) is 5.75 Å². The molecule has 1 aliphatic rings. The summed E-state index contributed by atoms with van der Waals surface area (Å²) < 4.78 is 18.3. The van der Waals surface area contributed by atoms with Crippen molar-refractivity contribution in [2.24, 2.45) is 0 Å². The summed E-state index contributed by atoms with van der Waals surface area (Å²) in [6, 6.07) is 8.23. The fourth-order valence-corrected chi connectivity index (χ4v) is 3.04. The number of ether oxygens (including phenoxy) is 1. The second-order valence-electron chi connectivity index (χ2n) is 5.75. The van der Waals surface area contributed by atoms with Crippen molar-refractivity contribution in [3.63, 3.8) is 0 Å². The molecule has 0 unspecified atom stereocenters. The van der Waals surface area contributed by atoms with Crippen LogP contribution in [0, 0.1) is 12.7 Å². The van der Waals surface area contributed by atoms with E-state index in [2.05, 4.69) is 5.32 Å². The van der Waals surface area contributed by atoms with Gasteiger partial charge in [0.05, 0.1) is 24.2 Å². The van der Waals surface area contributed by atoms with Gasteiger partial charge in [-0.2, -0.15) is 0 Å². The summed E-state index contributed by atoms with van der Waals surface area (Å²) in [6.45, 7) is 1.73. The van der Waals surface area contributed by atoms with Gasteiger partial charge in [0.15, 0.2) is 0 Å². The van der Waals surface area contributed by atoms with Crippen LogP contribution in [0.5, 0.6) is 5.75 Å². The van der Waals surface area contributed by atoms with Crippen LogP contribution in [0.25, 0.3) is 0 Å². The molecular formula is C18H16ClFN2O3. The molecule has 1 saturated heterocycles. The molecule has 0 radical (unpaired) electrons. The maximum Gasteiger partial charge on any atom is 0.256 e. The molecular weight excluding hydrogens is 347 g/mol. The van der Waals surface area contributed by atoms with Gasteiger partial charge in [0.2, 0.25) is 5.91 Å². The van der Waals surface area contributed by atoms with E-state index in [1.54, 1.807) is 25.1 Å². The first-order valence-corrected chi connectivity index (χ1v) is 8.01. The van der Waals surface area contributed by atoms with Gasteiger partial charge < -0.3 is 10.1 Å². The number of nitrogens with zero attached hydrogens (tertiary/aromatic N) is 1. The third-order valence-corrected chi connectivity index (χ3v) is 4.35. The van der Waals surface area contributed by atoms with Gasteiger partial charge in [-0.25, -0.2) is 9.29 Å². The first kappa shape index (κ1) is 17.2. The second-order valence-corrected chi connectivity index (χ2v) is 6.15. The van der Waals surface area contributed by atoms with Gasteiger partial charge in [-0.3, -0.25) is 9.59 Å². The maximum absolute atomic E-state index is 13.2. The second kappa shape index (κ2) is 6.72. The average molecular weight is 363 g/mol. The maximum atomic E-state index is 13.2. The Balaban J connectivity index is 1.83. The van der Waals surface area contributed by atoms with Crippen LogP contribution in [-0.2, 0) is 9.59 Å². The lowest BCUT2D eigenvalue weighted by Crippen LogP contribution is -2.34. The zero-order valence-corrected chi connectivity index (χ0v) is 14.4. The van der Waals surface area contributed by atoms with Crippen LogP contribution in [0.1, 0.15) is 12.0 Å². The molecule has 1 N–H and O–H groups in total. The number of carbonyl (C=O) groups excluding carboxylic acids is 2. The van der Waals surface area contributed by atoms with Crippen molar-refractivity contribution in [2.75, 3.05) is 17.3 Å². The molecule has 0 saturated carbocycles. The van der Waals surface area contributed by atoms with Crippen LogP contribution >= 0.6 is 11.6 Å². The Bertz CT molecular complexity index is 856. The highest BCUT2D eigenvalue weighted by Gasteiger charge is 2.39. The zero-order valence-electron chi connectivity index (χ0n) is 13.7. The third-order valence-electron chi connectivity index (χ3n) is 4.06. The molecule has 1 atom stereocenters. The molecule has 2 amide bonds. The molecule has 1 aliphatic heterocycles. The van der Waals surface area contributed by atoms with Crippen LogP contribution in [0.15, 0.2) is 36.4 Å². The molecule has 7 heteroatoms. The Kier molecular flexibility index (Phi) is 4.63.